The number of nitrogens with zero attached hydrogens (tertiary/aromatic N) is 2. The van der Waals surface area contributed by atoms with E-state index in [2.05, 4.69) is 0 Å². The third-order valence-electron chi connectivity index (χ3n) is 4.18. The Morgan fingerprint density at radius 1 is 1.18 bits per heavy atom. The summed E-state index contributed by atoms with van der Waals surface area (Å²) in [5.74, 6) is -1.16. The molecule has 1 heterocycles. The number of para-hydroxylation sites is 1. The molecule has 2 aromatic carbocycles. The number of ketones is 1. The summed E-state index contributed by atoms with van der Waals surface area (Å²) in [4.78, 5) is 27.1. The topological polar surface area (TPSA) is 70.4 Å². The first-order valence-electron chi connectivity index (χ1n) is 8.59. The Morgan fingerprint density at radius 2 is 1.89 bits per heavy atom. The van der Waals surface area contributed by atoms with Crippen molar-refractivity contribution in [2.45, 2.75) is 11.8 Å². The number of benzene rings is 2. The molecule has 2 aromatic rings. The van der Waals surface area contributed by atoms with Gasteiger partial charge in [0.05, 0.1) is 5.69 Å². The molecule has 0 atom stereocenters. The molecule has 6 heteroatoms. The van der Waals surface area contributed by atoms with Gasteiger partial charge in [-0.05, 0) is 30.7 Å². The maximum Gasteiger partial charge on any atom is 0.331 e. The summed E-state index contributed by atoms with van der Waals surface area (Å²) in [6, 6.07) is 17.2. The molecule has 0 aliphatic carbocycles. The highest BCUT2D eigenvalue weighted by atomic mass is 32.2. The molecule has 1 aliphatic heterocycles. The first-order chi connectivity index (χ1) is 13.5. The van der Waals surface area contributed by atoms with E-state index in [1.54, 1.807) is 18.0 Å². The molecule has 0 amide bonds. The highest BCUT2D eigenvalue weighted by Gasteiger charge is 2.28. The van der Waals surface area contributed by atoms with Gasteiger partial charge in [-0.25, -0.2) is 4.79 Å². The second-order valence-electron chi connectivity index (χ2n) is 6.20. The minimum absolute atomic E-state index is 0.0148. The molecule has 0 bridgehead atoms. The van der Waals surface area contributed by atoms with Crippen molar-refractivity contribution in [1.82, 2.24) is 0 Å². The van der Waals surface area contributed by atoms with Crippen molar-refractivity contribution < 1.29 is 14.3 Å². The molecule has 0 fully saturated rings. The Bertz CT molecular complexity index is 1020. The molecule has 5 nitrogen and oxygen atoms in total. The zero-order valence-electron chi connectivity index (χ0n) is 15.5. The number of Topliss-reactive ketones (excluding diaryl/α,β-unsaturated/α-hetero) is 1. The number of nitriles is 1. The van der Waals surface area contributed by atoms with Crippen LogP contribution in [0.25, 0.3) is 6.08 Å². The van der Waals surface area contributed by atoms with Gasteiger partial charge in [0.15, 0.2) is 6.61 Å². The van der Waals surface area contributed by atoms with E-state index in [0.29, 0.717) is 5.03 Å². The van der Waals surface area contributed by atoms with E-state index in [-0.39, 0.29) is 5.57 Å². The average molecular weight is 390 g/mol. The Hall–Kier alpha value is -3.30. The molecule has 0 aromatic heterocycles. The third-order valence-corrected chi connectivity index (χ3v) is 5.41. The number of thioether (sulfide) groups is 1. The van der Waals surface area contributed by atoms with Gasteiger partial charge in [0, 0.05) is 18.0 Å². The molecule has 0 saturated carbocycles. The lowest BCUT2D eigenvalue weighted by Crippen LogP contribution is -2.19. The number of hydrogen-bond donors (Lipinski definition) is 0. The second-order valence-corrected chi connectivity index (χ2v) is 7.23. The molecule has 1 aliphatic rings. The fourth-order valence-corrected chi connectivity index (χ4v) is 3.81. The van der Waals surface area contributed by atoms with Crippen molar-refractivity contribution in [1.29, 1.82) is 5.26 Å². The van der Waals surface area contributed by atoms with Crippen molar-refractivity contribution in [3.05, 3.63) is 76.3 Å². The lowest BCUT2D eigenvalue weighted by atomic mass is 10.1. The fraction of sp³-hybridized carbons (Fsp3) is 0.136. The zero-order valence-corrected chi connectivity index (χ0v) is 16.3. The zero-order chi connectivity index (χ0) is 20.1. The lowest BCUT2D eigenvalue weighted by molar-refractivity contribution is -0.141. The Balaban J connectivity index is 1.64. The Labute approximate surface area is 167 Å². The van der Waals surface area contributed by atoms with Crippen LogP contribution >= 0.6 is 11.8 Å². The maximum absolute atomic E-state index is 12.5. The average Bonchev–Trinajstić information content (AvgIpc) is 3.03. The summed E-state index contributed by atoms with van der Waals surface area (Å²) in [5.41, 5.74) is 2.90. The molecule has 140 valence electrons. The summed E-state index contributed by atoms with van der Waals surface area (Å²) >= 11 is 1.36. The number of hydrogen-bond acceptors (Lipinski definition) is 6. The summed E-state index contributed by atoms with van der Waals surface area (Å²) < 4.78 is 5.02. The predicted octanol–water partition coefficient (Wildman–Crippen LogP) is 4.10. The van der Waals surface area contributed by atoms with E-state index >= 15 is 0 Å². The van der Waals surface area contributed by atoms with Gasteiger partial charge in [0.25, 0.3) is 0 Å². The number of carbonyl (C=O) groups excluding carboxylic acids is 2. The number of aryl methyl sites for hydroxylation is 1. The summed E-state index contributed by atoms with van der Waals surface area (Å²) in [6.07, 6.45) is 2.89. The highest BCUT2D eigenvalue weighted by molar-refractivity contribution is 8.03. The van der Waals surface area contributed by atoms with Gasteiger partial charge in [-0.3, -0.25) is 4.79 Å². The van der Waals surface area contributed by atoms with Crippen LogP contribution in [0.1, 0.15) is 11.1 Å². The van der Waals surface area contributed by atoms with Crippen molar-refractivity contribution in [3.8, 4) is 6.07 Å². The smallest absolute Gasteiger partial charge is 0.331 e. The first kappa shape index (κ1) is 19.5. The SMILES string of the molecule is Cc1ccc(/C=C/C(=O)OCC(=O)/C(C#N)=C2\Sc3ccccc3N2C)cc1. The largest absolute Gasteiger partial charge is 0.454 e. The number of fused-ring (bicyclic) bond motifs is 1. The van der Waals surface area contributed by atoms with Gasteiger partial charge in [0.2, 0.25) is 5.78 Å². The third kappa shape index (κ3) is 4.33. The first-order valence-corrected chi connectivity index (χ1v) is 9.41. The van der Waals surface area contributed by atoms with Crippen LogP contribution in [0.3, 0.4) is 0 Å². The van der Waals surface area contributed by atoms with Crippen molar-refractivity contribution >= 4 is 35.3 Å². The van der Waals surface area contributed by atoms with E-state index in [4.69, 9.17) is 4.74 Å². The second kappa shape index (κ2) is 8.59. The number of ether oxygens (including phenoxy) is 1. The van der Waals surface area contributed by atoms with E-state index in [0.717, 1.165) is 21.7 Å². The van der Waals surface area contributed by atoms with Gasteiger partial charge in [-0.1, -0.05) is 53.7 Å². The van der Waals surface area contributed by atoms with Gasteiger partial charge >= 0.3 is 5.97 Å². The standard InChI is InChI=1S/C22H18N2O3S/c1-15-7-9-16(10-8-15)11-12-21(26)27-14-19(25)17(13-23)22-24(2)18-5-3-4-6-20(18)28-22/h3-12H,14H2,1-2H3/b12-11+,22-17-. The number of anilines is 1. The van der Waals surface area contributed by atoms with Gasteiger partial charge < -0.3 is 9.64 Å². The van der Waals surface area contributed by atoms with E-state index in [1.807, 2.05) is 61.5 Å². The molecular formula is C22H18N2O3S. The van der Waals surface area contributed by atoms with E-state index < -0.39 is 18.4 Å². The van der Waals surface area contributed by atoms with Crippen molar-refractivity contribution in [2.75, 3.05) is 18.6 Å². The molecule has 28 heavy (non-hydrogen) atoms. The molecule has 3 rings (SSSR count). The van der Waals surface area contributed by atoms with E-state index in [1.165, 1.54) is 17.8 Å². The van der Waals surface area contributed by atoms with E-state index in [9.17, 15) is 14.9 Å². The van der Waals surface area contributed by atoms with Gasteiger partial charge in [-0.15, -0.1) is 0 Å². The van der Waals surface area contributed by atoms with Gasteiger partial charge in [0.1, 0.15) is 16.7 Å². The molecule has 0 unspecified atom stereocenters. The Kier molecular flexibility index (Phi) is 5.97. The minimum Gasteiger partial charge on any atom is -0.454 e. The van der Waals surface area contributed by atoms with Crippen LogP contribution < -0.4 is 4.90 Å². The van der Waals surface area contributed by atoms with Crippen LogP contribution in [-0.2, 0) is 14.3 Å². The van der Waals surface area contributed by atoms with Crippen LogP contribution in [0, 0.1) is 18.3 Å². The Morgan fingerprint density at radius 3 is 2.57 bits per heavy atom. The lowest BCUT2D eigenvalue weighted by Gasteiger charge is -2.14. The predicted molar refractivity (Wildman–Crippen MR) is 110 cm³/mol. The summed E-state index contributed by atoms with van der Waals surface area (Å²) in [5, 5.41) is 10.0. The number of carbonyl (C=O) groups is 2. The van der Waals surface area contributed by atoms with Crippen LogP contribution in [0.5, 0.6) is 0 Å². The van der Waals surface area contributed by atoms with Gasteiger partial charge in [-0.2, -0.15) is 5.26 Å². The monoisotopic (exact) mass is 390 g/mol. The summed E-state index contributed by atoms with van der Waals surface area (Å²) in [7, 11) is 1.80. The van der Waals surface area contributed by atoms with Crippen LogP contribution in [0.4, 0.5) is 5.69 Å². The van der Waals surface area contributed by atoms with Crippen LogP contribution in [-0.4, -0.2) is 25.4 Å². The minimum atomic E-state index is -0.632. The number of esters is 1. The van der Waals surface area contributed by atoms with Crippen molar-refractivity contribution in [2.24, 2.45) is 0 Å². The maximum atomic E-state index is 12.5. The summed E-state index contributed by atoms with van der Waals surface area (Å²) in [6.45, 7) is 1.50. The van der Waals surface area contributed by atoms with Crippen molar-refractivity contribution in [3.63, 3.8) is 0 Å². The van der Waals surface area contributed by atoms with Crippen LogP contribution in [0.15, 0.2) is 70.1 Å². The molecule has 0 saturated heterocycles. The molecule has 0 spiro atoms. The molecule has 0 radical (unpaired) electrons. The molecule has 0 N–H and O–H groups in total. The van der Waals surface area contributed by atoms with Crippen LogP contribution in [0.2, 0.25) is 0 Å². The molecular weight excluding hydrogens is 372 g/mol. The fourth-order valence-electron chi connectivity index (χ4n) is 2.65. The normalized spacial score (nSPS) is 14.5. The quantitative estimate of drug-likeness (QED) is 0.435. The number of rotatable bonds is 5. The highest BCUT2D eigenvalue weighted by Crippen LogP contribution is 2.46.